The van der Waals surface area contributed by atoms with Crippen LogP contribution < -0.4 is 10.1 Å². The second kappa shape index (κ2) is 9.65. The zero-order chi connectivity index (χ0) is 20.1. The molecule has 28 heavy (non-hydrogen) atoms. The van der Waals surface area contributed by atoms with Crippen LogP contribution >= 0.6 is 23.2 Å². The maximum absolute atomic E-state index is 12.6. The SMILES string of the molecule is Cc1ccc(C(CNC(=O)C(C)Oc2ccc(Cl)cc2Cl)N2CCOCC2)o1. The average Bonchev–Trinajstić information content (AvgIpc) is 3.11. The number of ether oxygens (including phenoxy) is 2. The number of amides is 1. The van der Waals surface area contributed by atoms with Crippen LogP contribution in [0, 0.1) is 6.92 Å². The molecule has 2 aromatic rings. The Bertz CT molecular complexity index is 805. The number of morpholine rings is 1. The number of carbonyl (C=O) groups excluding carboxylic acids is 1. The van der Waals surface area contributed by atoms with E-state index in [1.54, 1.807) is 25.1 Å². The molecule has 1 N–H and O–H groups in total. The maximum atomic E-state index is 12.6. The van der Waals surface area contributed by atoms with Crippen LogP contribution in [0.5, 0.6) is 5.75 Å². The van der Waals surface area contributed by atoms with Crippen LogP contribution in [-0.2, 0) is 9.53 Å². The molecule has 1 aromatic heterocycles. The molecule has 0 spiro atoms. The molecule has 1 fully saturated rings. The molecular weight excluding hydrogens is 403 g/mol. The Labute approximate surface area is 174 Å². The normalized spacial score (nSPS) is 17.1. The molecule has 8 heteroatoms. The molecule has 3 rings (SSSR count). The molecule has 2 heterocycles. The lowest BCUT2D eigenvalue weighted by atomic mass is 10.1. The first kappa shape index (κ1) is 21.0. The van der Waals surface area contributed by atoms with Gasteiger partial charge in [-0.2, -0.15) is 0 Å². The first-order valence-corrected chi connectivity index (χ1v) is 9.97. The summed E-state index contributed by atoms with van der Waals surface area (Å²) in [6, 6.07) is 8.72. The summed E-state index contributed by atoms with van der Waals surface area (Å²) in [4.78, 5) is 14.8. The van der Waals surface area contributed by atoms with Crippen LogP contribution in [0.1, 0.15) is 24.5 Å². The fourth-order valence-corrected chi connectivity index (χ4v) is 3.54. The Morgan fingerprint density at radius 2 is 2.00 bits per heavy atom. The van der Waals surface area contributed by atoms with Crippen molar-refractivity contribution < 1.29 is 18.7 Å². The van der Waals surface area contributed by atoms with Gasteiger partial charge in [0.05, 0.1) is 24.3 Å². The number of carbonyl (C=O) groups is 1. The lowest BCUT2D eigenvalue weighted by molar-refractivity contribution is -0.127. The Hall–Kier alpha value is -1.73. The van der Waals surface area contributed by atoms with E-state index < -0.39 is 6.10 Å². The van der Waals surface area contributed by atoms with Gasteiger partial charge in [0, 0.05) is 24.7 Å². The number of halogens is 2. The monoisotopic (exact) mass is 426 g/mol. The Morgan fingerprint density at radius 3 is 2.64 bits per heavy atom. The van der Waals surface area contributed by atoms with Crippen molar-refractivity contribution in [2.45, 2.75) is 26.0 Å². The molecule has 1 aliphatic heterocycles. The highest BCUT2D eigenvalue weighted by Gasteiger charge is 2.27. The minimum atomic E-state index is -0.706. The topological polar surface area (TPSA) is 63.9 Å². The highest BCUT2D eigenvalue weighted by Crippen LogP contribution is 2.28. The third kappa shape index (κ3) is 5.41. The molecule has 1 amide bonds. The van der Waals surface area contributed by atoms with E-state index in [2.05, 4.69) is 10.2 Å². The van der Waals surface area contributed by atoms with Crippen molar-refractivity contribution in [3.8, 4) is 5.75 Å². The zero-order valence-corrected chi connectivity index (χ0v) is 17.4. The van der Waals surface area contributed by atoms with E-state index in [1.165, 1.54) is 0 Å². The summed E-state index contributed by atoms with van der Waals surface area (Å²) in [6.07, 6.45) is -0.706. The van der Waals surface area contributed by atoms with E-state index in [0.29, 0.717) is 35.6 Å². The van der Waals surface area contributed by atoms with E-state index in [4.69, 9.17) is 37.1 Å². The highest BCUT2D eigenvalue weighted by molar-refractivity contribution is 6.35. The van der Waals surface area contributed by atoms with Crippen LogP contribution in [0.4, 0.5) is 0 Å². The van der Waals surface area contributed by atoms with Crippen LogP contribution in [0.2, 0.25) is 10.0 Å². The second-order valence-electron chi connectivity index (χ2n) is 6.69. The second-order valence-corrected chi connectivity index (χ2v) is 7.54. The molecule has 152 valence electrons. The largest absolute Gasteiger partial charge is 0.479 e. The molecule has 1 aliphatic rings. The van der Waals surface area contributed by atoms with E-state index in [9.17, 15) is 4.79 Å². The standard InChI is InChI=1S/C20H24Cl2N2O4/c1-13-3-5-19(27-13)17(24-7-9-26-10-8-24)12-23-20(25)14(2)28-18-6-4-15(21)11-16(18)22/h3-6,11,14,17H,7-10,12H2,1-2H3,(H,23,25). The third-order valence-corrected chi connectivity index (χ3v) is 5.14. The first-order chi connectivity index (χ1) is 13.4. The average molecular weight is 427 g/mol. The third-order valence-electron chi connectivity index (χ3n) is 4.61. The number of nitrogens with one attached hydrogen (secondary N) is 1. The van der Waals surface area contributed by atoms with Crippen LogP contribution in [-0.4, -0.2) is 49.8 Å². The molecular formula is C20H24Cl2N2O4. The smallest absolute Gasteiger partial charge is 0.260 e. The summed E-state index contributed by atoms with van der Waals surface area (Å²) in [5.74, 6) is 1.86. The highest BCUT2D eigenvalue weighted by atomic mass is 35.5. The molecule has 6 nitrogen and oxygen atoms in total. The van der Waals surface area contributed by atoms with Crippen molar-refractivity contribution in [3.05, 3.63) is 51.9 Å². The van der Waals surface area contributed by atoms with Gasteiger partial charge in [-0.3, -0.25) is 9.69 Å². The Kier molecular flexibility index (Phi) is 7.24. The van der Waals surface area contributed by atoms with Gasteiger partial charge in [0.2, 0.25) is 0 Å². The number of benzene rings is 1. The van der Waals surface area contributed by atoms with E-state index in [-0.39, 0.29) is 11.9 Å². The summed E-state index contributed by atoms with van der Waals surface area (Å²) in [5.41, 5.74) is 0. The summed E-state index contributed by atoms with van der Waals surface area (Å²) in [6.45, 7) is 6.90. The summed E-state index contributed by atoms with van der Waals surface area (Å²) in [5, 5.41) is 3.84. The fourth-order valence-electron chi connectivity index (χ4n) is 3.09. The Balaban J connectivity index is 1.62. The van der Waals surface area contributed by atoms with Crippen LogP contribution in [0.25, 0.3) is 0 Å². The molecule has 0 aliphatic carbocycles. The molecule has 1 saturated heterocycles. The lowest BCUT2D eigenvalue weighted by Gasteiger charge is -2.33. The number of hydrogen-bond acceptors (Lipinski definition) is 5. The van der Waals surface area contributed by atoms with E-state index in [1.807, 2.05) is 19.1 Å². The number of aryl methyl sites for hydroxylation is 1. The zero-order valence-electron chi connectivity index (χ0n) is 15.9. The summed E-state index contributed by atoms with van der Waals surface area (Å²) in [7, 11) is 0. The molecule has 1 aromatic carbocycles. The number of furan rings is 1. The maximum Gasteiger partial charge on any atom is 0.260 e. The molecule has 0 radical (unpaired) electrons. The van der Waals surface area contributed by atoms with Gasteiger partial charge in [0.15, 0.2) is 6.10 Å². The summed E-state index contributed by atoms with van der Waals surface area (Å²) < 4.78 is 16.9. The summed E-state index contributed by atoms with van der Waals surface area (Å²) >= 11 is 12.0. The van der Waals surface area contributed by atoms with Gasteiger partial charge in [0.1, 0.15) is 17.3 Å². The quantitative estimate of drug-likeness (QED) is 0.727. The molecule has 2 atom stereocenters. The Morgan fingerprint density at radius 1 is 1.25 bits per heavy atom. The first-order valence-electron chi connectivity index (χ1n) is 9.21. The number of hydrogen-bond donors (Lipinski definition) is 1. The van der Waals surface area contributed by atoms with Crippen molar-refractivity contribution in [2.24, 2.45) is 0 Å². The van der Waals surface area contributed by atoms with Gasteiger partial charge < -0.3 is 19.2 Å². The van der Waals surface area contributed by atoms with Crippen molar-refractivity contribution in [1.29, 1.82) is 0 Å². The van der Waals surface area contributed by atoms with E-state index in [0.717, 1.165) is 24.6 Å². The van der Waals surface area contributed by atoms with Gasteiger partial charge in [-0.25, -0.2) is 0 Å². The van der Waals surface area contributed by atoms with Gasteiger partial charge in [0.25, 0.3) is 5.91 Å². The minimum absolute atomic E-state index is 0.0622. The van der Waals surface area contributed by atoms with Crippen molar-refractivity contribution in [2.75, 3.05) is 32.8 Å². The van der Waals surface area contributed by atoms with Crippen LogP contribution in [0.15, 0.2) is 34.7 Å². The number of nitrogens with zero attached hydrogens (tertiary/aromatic N) is 1. The molecule has 0 bridgehead atoms. The number of rotatable bonds is 7. The minimum Gasteiger partial charge on any atom is -0.479 e. The van der Waals surface area contributed by atoms with Gasteiger partial charge in [-0.05, 0) is 44.2 Å². The van der Waals surface area contributed by atoms with Gasteiger partial charge >= 0.3 is 0 Å². The predicted molar refractivity (Wildman–Crippen MR) is 108 cm³/mol. The van der Waals surface area contributed by atoms with Crippen LogP contribution in [0.3, 0.4) is 0 Å². The van der Waals surface area contributed by atoms with Gasteiger partial charge in [-0.15, -0.1) is 0 Å². The van der Waals surface area contributed by atoms with Crippen molar-refractivity contribution >= 4 is 29.1 Å². The molecule has 2 unspecified atom stereocenters. The lowest BCUT2D eigenvalue weighted by Crippen LogP contribution is -2.45. The van der Waals surface area contributed by atoms with E-state index >= 15 is 0 Å². The predicted octanol–water partition coefficient (Wildman–Crippen LogP) is 3.85. The molecule has 0 saturated carbocycles. The van der Waals surface area contributed by atoms with Crippen molar-refractivity contribution in [3.63, 3.8) is 0 Å². The fraction of sp³-hybridized carbons (Fsp3) is 0.450. The van der Waals surface area contributed by atoms with Crippen molar-refractivity contribution in [1.82, 2.24) is 10.2 Å². The van der Waals surface area contributed by atoms with Gasteiger partial charge in [-0.1, -0.05) is 23.2 Å².